The Morgan fingerprint density at radius 2 is 2.29 bits per heavy atom. The number of benzene rings is 1. The maximum atomic E-state index is 3.57. The van der Waals surface area contributed by atoms with E-state index in [-0.39, 0.29) is 0 Å². The van der Waals surface area contributed by atoms with Crippen molar-refractivity contribution in [2.75, 3.05) is 40.8 Å². The van der Waals surface area contributed by atoms with Gasteiger partial charge in [0.15, 0.2) is 0 Å². The summed E-state index contributed by atoms with van der Waals surface area (Å²) in [5.74, 6) is 0. The largest absolute Gasteiger partial charge is 0.313 e. The Morgan fingerprint density at radius 1 is 1.48 bits per heavy atom. The van der Waals surface area contributed by atoms with Crippen LogP contribution in [0.25, 0.3) is 0 Å². The van der Waals surface area contributed by atoms with Crippen molar-refractivity contribution in [2.45, 2.75) is 31.3 Å². The first-order valence-electron chi connectivity index (χ1n) is 7.91. The standard InChI is InChI=1S/C17H28BrN3/c1-19-17(14-6-4-7-15(18)12-14)9-11-21(3)16-8-5-10-20(2)13-16/h4,6-7,12,16-17,19H,5,8-11,13H2,1-3H3. The second-order valence-corrected chi connectivity index (χ2v) is 7.14. The van der Waals surface area contributed by atoms with Crippen LogP contribution in [0.3, 0.4) is 0 Å². The molecule has 1 N–H and O–H groups in total. The van der Waals surface area contributed by atoms with Gasteiger partial charge < -0.3 is 15.1 Å². The molecule has 0 radical (unpaired) electrons. The summed E-state index contributed by atoms with van der Waals surface area (Å²) in [6.07, 6.45) is 3.80. The first-order valence-corrected chi connectivity index (χ1v) is 8.71. The fourth-order valence-electron chi connectivity index (χ4n) is 3.22. The lowest BCUT2D eigenvalue weighted by Crippen LogP contribution is -2.45. The Bertz CT molecular complexity index is 438. The fraction of sp³-hybridized carbons (Fsp3) is 0.647. The molecule has 0 amide bonds. The molecule has 21 heavy (non-hydrogen) atoms. The van der Waals surface area contributed by atoms with Crippen LogP contribution in [-0.4, -0.2) is 56.6 Å². The van der Waals surface area contributed by atoms with Crippen LogP contribution in [0, 0.1) is 0 Å². The van der Waals surface area contributed by atoms with Gasteiger partial charge in [0, 0.05) is 23.1 Å². The Kier molecular flexibility index (Phi) is 6.68. The van der Waals surface area contributed by atoms with Gasteiger partial charge in [-0.2, -0.15) is 0 Å². The molecule has 0 bridgehead atoms. The van der Waals surface area contributed by atoms with Crippen molar-refractivity contribution in [3.05, 3.63) is 34.3 Å². The third-order valence-electron chi connectivity index (χ3n) is 4.59. The number of hydrogen-bond acceptors (Lipinski definition) is 3. The second-order valence-electron chi connectivity index (χ2n) is 6.22. The van der Waals surface area contributed by atoms with E-state index in [0.717, 1.165) is 17.4 Å². The van der Waals surface area contributed by atoms with Crippen molar-refractivity contribution < 1.29 is 0 Å². The smallest absolute Gasteiger partial charge is 0.0330 e. The van der Waals surface area contributed by atoms with Crippen LogP contribution >= 0.6 is 15.9 Å². The molecule has 1 aromatic carbocycles. The van der Waals surface area contributed by atoms with E-state index in [1.807, 2.05) is 0 Å². The summed E-state index contributed by atoms with van der Waals surface area (Å²) in [4.78, 5) is 4.99. The van der Waals surface area contributed by atoms with E-state index in [0.29, 0.717) is 12.1 Å². The summed E-state index contributed by atoms with van der Waals surface area (Å²) in [7, 11) is 6.56. The topological polar surface area (TPSA) is 18.5 Å². The highest BCUT2D eigenvalue weighted by molar-refractivity contribution is 9.10. The summed E-state index contributed by atoms with van der Waals surface area (Å²) in [5, 5.41) is 3.45. The van der Waals surface area contributed by atoms with E-state index in [4.69, 9.17) is 0 Å². The van der Waals surface area contributed by atoms with E-state index in [9.17, 15) is 0 Å². The zero-order valence-corrected chi connectivity index (χ0v) is 15.1. The molecule has 0 aliphatic carbocycles. The van der Waals surface area contributed by atoms with Crippen LogP contribution in [0.15, 0.2) is 28.7 Å². The number of likely N-dealkylation sites (N-methyl/N-ethyl adjacent to an activating group) is 2. The highest BCUT2D eigenvalue weighted by Crippen LogP contribution is 2.22. The van der Waals surface area contributed by atoms with E-state index < -0.39 is 0 Å². The predicted octanol–water partition coefficient (Wildman–Crippen LogP) is 3.13. The fourth-order valence-corrected chi connectivity index (χ4v) is 3.63. The molecule has 1 aliphatic heterocycles. The molecule has 0 saturated carbocycles. The van der Waals surface area contributed by atoms with Gasteiger partial charge in [-0.1, -0.05) is 28.1 Å². The Hall–Kier alpha value is -0.420. The zero-order valence-electron chi connectivity index (χ0n) is 13.5. The molecular weight excluding hydrogens is 326 g/mol. The molecule has 2 atom stereocenters. The molecule has 1 aromatic rings. The molecule has 2 rings (SSSR count). The third kappa shape index (κ3) is 5.06. The highest BCUT2D eigenvalue weighted by Gasteiger charge is 2.21. The SMILES string of the molecule is CNC(CCN(C)C1CCCN(C)C1)c1cccc(Br)c1. The third-order valence-corrected chi connectivity index (χ3v) is 5.09. The monoisotopic (exact) mass is 353 g/mol. The summed E-state index contributed by atoms with van der Waals surface area (Å²) in [5.41, 5.74) is 1.36. The Labute approximate surface area is 137 Å². The van der Waals surface area contributed by atoms with Crippen LogP contribution in [0.4, 0.5) is 0 Å². The first kappa shape index (κ1) is 16.9. The molecule has 1 saturated heterocycles. The quantitative estimate of drug-likeness (QED) is 0.847. The second kappa shape index (κ2) is 8.28. The maximum Gasteiger partial charge on any atom is 0.0330 e. The number of hydrogen-bond donors (Lipinski definition) is 1. The number of piperidine rings is 1. The number of halogens is 1. The molecule has 0 spiro atoms. The molecule has 4 heteroatoms. The lowest BCUT2D eigenvalue weighted by molar-refractivity contribution is 0.131. The van der Waals surface area contributed by atoms with Gasteiger partial charge in [0.25, 0.3) is 0 Å². The van der Waals surface area contributed by atoms with Crippen molar-refractivity contribution >= 4 is 15.9 Å². The van der Waals surface area contributed by atoms with Crippen molar-refractivity contribution in [1.29, 1.82) is 0 Å². The first-order chi connectivity index (χ1) is 10.1. The van der Waals surface area contributed by atoms with Crippen molar-refractivity contribution in [1.82, 2.24) is 15.1 Å². The lowest BCUT2D eigenvalue weighted by Gasteiger charge is -2.36. The molecule has 3 nitrogen and oxygen atoms in total. The maximum absolute atomic E-state index is 3.57. The van der Waals surface area contributed by atoms with E-state index in [1.165, 1.54) is 31.5 Å². The van der Waals surface area contributed by atoms with Crippen molar-refractivity contribution in [3.63, 3.8) is 0 Å². The number of nitrogens with zero attached hydrogens (tertiary/aromatic N) is 2. The Balaban J connectivity index is 1.87. The van der Waals surface area contributed by atoms with Crippen LogP contribution < -0.4 is 5.32 Å². The molecule has 1 heterocycles. The summed E-state index contributed by atoms with van der Waals surface area (Å²) >= 11 is 3.57. The summed E-state index contributed by atoms with van der Waals surface area (Å²) in [6, 6.07) is 9.76. The Morgan fingerprint density at radius 3 is 2.95 bits per heavy atom. The van der Waals surface area contributed by atoms with Crippen molar-refractivity contribution in [2.24, 2.45) is 0 Å². The van der Waals surface area contributed by atoms with Crippen molar-refractivity contribution in [3.8, 4) is 0 Å². The van der Waals surface area contributed by atoms with Gasteiger partial charge in [-0.25, -0.2) is 0 Å². The van der Waals surface area contributed by atoms with E-state index in [2.05, 4.69) is 76.5 Å². The van der Waals surface area contributed by atoms with Gasteiger partial charge in [0.1, 0.15) is 0 Å². The average molecular weight is 354 g/mol. The van der Waals surface area contributed by atoms with E-state index >= 15 is 0 Å². The predicted molar refractivity (Wildman–Crippen MR) is 93.7 cm³/mol. The van der Waals surface area contributed by atoms with Gasteiger partial charge in [0.2, 0.25) is 0 Å². The molecule has 0 aromatic heterocycles. The van der Waals surface area contributed by atoms with Crippen LogP contribution in [0.5, 0.6) is 0 Å². The van der Waals surface area contributed by atoms with Gasteiger partial charge in [-0.05, 0) is 71.2 Å². The summed E-state index contributed by atoms with van der Waals surface area (Å²) < 4.78 is 1.16. The minimum Gasteiger partial charge on any atom is -0.313 e. The minimum absolute atomic E-state index is 0.422. The molecule has 118 valence electrons. The van der Waals surface area contributed by atoms with Gasteiger partial charge in [0.05, 0.1) is 0 Å². The van der Waals surface area contributed by atoms with Gasteiger partial charge in [-0.3, -0.25) is 0 Å². The molecule has 1 fully saturated rings. The van der Waals surface area contributed by atoms with Crippen LogP contribution in [-0.2, 0) is 0 Å². The van der Waals surface area contributed by atoms with Crippen LogP contribution in [0.1, 0.15) is 30.9 Å². The van der Waals surface area contributed by atoms with Gasteiger partial charge in [-0.15, -0.1) is 0 Å². The average Bonchev–Trinajstić information content (AvgIpc) is 2.48. The number of nitrogens with one attached hydrogen (secondary N) is 1. The minimum atomic E-state index is 0.422. The summed E-state index contributed by atoms with van der Waals surface area (Å²) in [6.45, 7) is 3.59. The number of rotatable bonds is 6. The molecule has 1 aliphatic rings. The lowest BCUT2D eigenvalue weighted by atomic mass is 10.0. The van der Waals surface area contributed by atoms with Gasteiger partial charge >= 0.3 is 0 Å². The molecular formula is C17H28BrN3. The van der Waals surface area contributed by atoms with E-state index in [1.54, 1.807) is 0 Å². The zero-order chi connectivity index (χ0) is 15.2. The highest BCUT2D eigenvalue weighted by atomic mass is 79.9. The molecule has 2 unspecified atom stereocenters. The number of likely N-dealkylation sites (tertiary alicyclic amines) is 1. The van der Waals surface area contributed by atoms with Crippen LogP contribution in [0.2, 0.25) is 0 Å². The normalized spacial score (nSPS) is 21.7.